The largest absolute Gasteiger partial charge is 0.477 e. The lowest BCUT2D eigenvalue weighted by Gasteiger charge is -2.25. The summed E-state index contributed by atoms with van der Waals surface area (Å²) in [6.07, 6.45) is 2.96. The Bertz CT molecular complexity index is 960. The van der Waals surface area contributed by atoms with Crippen molar-refractivity contribution in [3.05, 3.63) is 40.0 Å². The summed E-state index contributed by atoms with van der Waals surface area (Å²) in [4.78, 5) is 19.4. The van der Waals surface area contributed by atoms with Crippen LogP contribution in [0.1, 0.15) is 52.5 Å². The molecule has 3 heterocycles. The summed E-state index contributed by atoms with van der Waals surface area (Å²) in [6.45, 7) is 1.83. The Hall–Kier alpha value is -2.08. The smallest absolute Gasteiger partial charge is 0.347 e. The molecule has 0 saturated carbocycles. The predicted molar refractivity (Wildman–Crippen MR) is 108 cm³/mol. The van der Waals surface area contributed by atoms with Gasteiger partial charge in [0.25, 0.3) is 0 Å². The molecule has 0 bridgehead atoms. The van der Waals surface area contributed by atoms with Crippen molar-refractivity contribution < 1.29 is 28.5 Å². The molecule has 0 aliphatic carbocycles. The van der Waals surface area contributed by atoms with E-state index in [-0.39, 0.29) is 16.4 Å². The lowest BCUT2D eigenvalue weighted by molar-refractivity contribution is 0.0702. The standard InChI is InChI=1S/C18H23N3O6S2/c1-2-13(22)11-6-7-16(19-8-11)21-12(14(23)10-29(21,26)27)4-3-5-17-20-9-15(28-17)18(24)25/h6-9,12-14,22-23H,2-5,10H2,1H3,(H,24,25). The van der Waals surface area contributed by atoms with Crippen LogP contribution in [0.25, 0.3) is 0 Å². The monoisotopic (exact) mass is 441 g/mol. The topological polar surface area (TPSA) is 141 Å². The molecule has 0 spiro atoms. The van der Waals surface area contributed by atoms with E-state index >= 15 is 0 Å². The van der Waals surface area contributed by atoms with Gasteiger partial charge in [0.1, 0.15) is 10.7 Å². The average Bonchev–Trinajstić information content (AvgIpc) is 3.23. The molecule has 3 unspecified atom stereocenters. The number of thiazole rings is 1. The van der Waals surface area contributed by atoms with Crippen LogP contribution in [0, 0.1) is 0 Å². The first-order valence-corrected chi connectivity index (χ1v) is 11.7. The number of pyridine rings is 1. The molecule has 1 saturated heterocycles. The first-order chi connectivity index (χ1) is 13.7. The maximum Gasteiger partial charge on any atom is 0.347 e. The Morgan fingerprint density at radius 3 is 2.69 bits per heavy atom. The van der Waals surface area contributed by atoms with Gasteiger partial charge in [0.2, 0.25) is 10.0 Å². The SMILES string of the molecule is CCC(O)c1ccc(N2C(CCCc3ncc(C(=O)O)s3)C(O)CS2(=O)=O)nc1. The number of aromatic carboxylic acids is 1. The van der Waals surface area contributed by atoms with Gasteiger partial charge in [-0.15, -0.1) is 11.3 Å². The summed E-state index contributed by atoms with van der Waals surface area (Å²) in [5, 5.41) is 29.8. The summed E-state index contributed by atoms with van der Waals surface area (Å²) in [5.41, 5.74) is 0.600. The molecule has 0 aromatic carbocycles. The van der Waals surface area contributed by atoms with Crippen LogP contribution in [-0.2, 0) is 16.4 Å². The van der Waals surface area contributed by atoms with Crippen LogP contribution in [0.15, 0.2) is 24.5 Å². The zero-order valence-electron chi connectivity index (χ0n) is 15.8. The van der Waals surface area contributed by atoms with Crippen molar-refractivity contribution in [2.45, 2.75) is 50.9 Å². The van der Waals surface area contributed by atoms with Gasteiger partial charge in [-0.3, -0.25) is 0 Å². The normalized spacial score (nSPS) is 22.0. The molecule has 3 atom stereocenters. The lowest BCUT2D eigenvalue weighted by Crippen LogP contribution is -2.37. The lowest BCUT2D eigenvalue weighted by atomic mass is 10.0. The predicted octanol–water partition coefficient (Wildman–Crippen LogP) is 1.58. The molecule has 1 aliphatic heterocycles. The van der Waals surface area contributed by atoms with Crippen LogP contribution in [0.3, 0.4) is 0 Å². The van der Waals surface area contributed by atoms with Crippen LogP contribution >= 0.6 is 11.3 Å². The minimum Gasteiger partial charge on any atom is -0.477 e. The van der Waals surface area contributed by atoms with Gasteiger partial charge in [0.15, 0.2) is 0 Å². The van der Waals surface area contributed by atoms with Crippen LogP contribution in [0.4, 0.5) is 5.82 Å². The Balaban J connectivity index is 1.72. The van der Waals surface area contributed by atoms with Gasteiger partial charge in [-0.2, -0.15) is 0 Å². The van der Waals surface area contributed by atoms with E-state index in [1.165, 1.54) is 18.5 Å². The van der Waals surface area contributed by atoms with Crippen molar-refractivity contribution in [3.63, 3.8) is 0 Å². The number of carboxylic acids is 1. The first-order valence-electron chi connectivity index (χ1n) is 9.25. The molecule has 158 valence electrons. The number of hydrogen-bond donors (Lipinski definition) is 3. The highest BCUT2D eigenvalue weighted by Crippen LogP contribution is 2.31. The molecule has 0 radical (unpaired) electrons. The van der Waals surface area contributed by atoms with Crippen LogP contribution < -0.4 is 4.31 Å². The number of aromatic nitrogens is 2. The molecule has 3 N–H and O–H groups in total. The van der Waals surface area contributed by atoms with E-state index in [0.717, 1.165) is 15.6 Å². The minimum absolute atomic E-state index is 0.156. The highest BCUT2D eigenvalue weighted by molar-refractivity contribution is 7.93. The van der Waals surface area contributed by atoms with E-state index in [2.05, 4.69) is 9.97 Å². The van der Waals surface area contributed by atoms with E-state index in [4.69, 9.17) is 5.11 Å². The summed E-state index contributed by atoms with van der Waals surface area (Å²) < 4.78 is 26.3. The molecule has 9 nitrogen and oxygen atoms in total. The van der Waals surface area contributed by atoms with Crippen LogP contribution in [0.5, 0.6) is 0 Å². The first kappa shape index (κ1) is 21.6. The molecule has 1 fully saturated rings. The second kappa shape index (κ2) is 8.74. The molecular weight excluding hydrogens is 418 g/mol. The van der Waals surface area contributed by atoms with Crippen molar-refractivity contribution in [2.75, 3.05) is 10.1 Å². The Labute approximate surface area is 172 Å². The Morgan fingerprint density at radius 1 is 1.34 bits per heavy atom. The van der Waals surface area contributed by atoms with Crippen molar-refractivity contribution in [1.29, 1.82) is 0 Å². The number of aryl methyl sites for hydroxylation is 1. The number of hydrogen-bond acceptors (Lipinski definition) is 8. The number of carbonyl (C=O) groups is 1. The maximum atomic E-state index is 12.6. The molecule has 29 heavy (non-hydrogen) atoms. The minimum atomic E-state index is -3.71. The third-order valence-corrected chi connectivity index (χ3v) is 7.71. The number of aliphatic hydroxyl groups is 2. The highest BCUT2D eigenvalue weighted by Gasteiger charge is 2.44. The summed E-state index contributed by atoms with van der Waals surface area (Å²) in [7, 11) is -3.71. The highest BCUT2D eigenvalue weighted by atomic mass is 32.2. The van der Waals surface area contributed by atoms with Gasteiger partial charge in [0, 0.05) is 6.20 Å². The molecule has 2 aromatic heterocycles. The fourth-order valence-electron chi connectivity index (χ4n) is 3.34. The van der Waals surface area contributed by atoms with Crippen molar-refractivity contribution in [1.82, 2.24) is 9.97 Å². The third-order valence-electron chi connectivity index (χ3n) is 4.85. The van der Waals surface area contributed by atoms with Crippen LogP contribution in [-0.4, -0.2) is 57.6 Å². The fourth-order valence-corrected chi connectivity index (χ4v) is 6.00. The molecule has 3 rings (SSSR count). The van der Waals surface area contributed by atoms with Gasteiger partial charge in [-0.05, 0) is 37.3 Å². The molecule has 0 amide bonds. The van der Waals surface area contributed by atoms with Crippen LogP contribution in [0.2, 0.25) is 0 Å². The van der Waals surface area contributed by atoms with Crippen molar-refractivity contribution in [3.8, 4) is 0 Å². The molecular formula is C18H23N3O6S2. The van der Waals surface area contributed by atoms with E-state index in [9.17, 15) is 23.4 Å². The number of anilines is 1. The van der Waals surface area contributed by atoms with Gasteiger partial charge in [0.05, 0.1) is 35.2 Å². The van der Waals surface area contributed by atoms with E-state index in [1.54, 1.807) is 6.07 Å². The molecule has 1 aliphatic rings. The number of carboxylic acid groups (broad SMARTS) is 1. The Kier molecular flexibility index (Phi) is 6.52. The fraction of sp³-hybridized carbons (Fsp3) is 0.500. The number of rotatable bonds is 8. The molecule has 2 aromatic rings. The van der Waals surface area contributed by atoms with Gasteiger partial charge in [-0.25, -0.2) is 27.5 Å². The van der Waals surface area contributed by atoms with Gasteiger partial charge < -0.3 is 15.3 Å². The van der Waals surface area contributed by atoms with E-state index in [1.807, 2.05) is 6.92 Å². The summed E-state index contributed by atoms with van der Waals surface area (Å²) in [5.74, 6) is -1.19. The molecule has 11 heteroatoms. The van der Waals surface area contributed by atoms with E-state index in [0.29, 0.717) is 36.3 Å². The Morgan fingerprint density at radius 2 is 2.10 bits per heavy atom. The van der Waals surface area contributed by atoms with Gasteiger partial charge >= 0.3 is 5.97 Å². The van der Waals surface area contributed by atoms with Gasteiger partial charge in [-0.1, -0.05) is 13.0 Å². The zero-order valence-corrected chi connectivity index (χ0v) is 17.4. The van der Waals surface area contributed by atoms with Crippen molar-refractivity contribution in [2.24, 2.45) is 0 Å². The van der Waals surface area contributed by atoms with E-state index < -0.39 is 34.2 Å². The average molecular weight is 442 g/mol. The number of nitrogens with zero attached hydrogens (tertiary/aromatic N) is 3. The second-order valence-corrected chi connectivity index (χ2v) is 9.90. The summed E-state index contributed by atoms with van der Waals surface area (Å²) in [6, 6.07) is 2.52. The van der Waals surface area contributed by atoms with Crippen molar-refractivity contribution >= 4 is 33.1 Å². The quantitative estimate of drug-likeness (QED) is 0.561. The summed E-state index contributed by atoms with van der Waals surface area (Å²) >= 11 is 1.09. The maximum absolute atomic E-state index is 12.6. The second-order valence-electron chi connectivity index (χ2n) is 6.90. The number of sulfonamides is 1. The number of aliphatic hydroxyl groups excluding tert-OH is 2. The zero-order chi connectivity index (χ0) is 21.2. The third kappa shape index (κ3) is 4.74.